The van der Waals surface area contributed by atoms with E-state index in [1.807, 2.05) is 0 Å². The number of ether oxygens (including phenoxy) is 2. The summed E-state index contributed by atoms with van der Waals surface area (Å²) in [6.45, 7) is 4.21. The normalized spacial score (nSPS) is 20.5. The van der Waals surface area contributed by atoms with Crippen LogP contribution in [0.25, 0.3) is 0 Å². The summed E-state index contributed by atoms with van der Waals surface area (Å²) in [6, 6.07) is 4.69. The SMILES string of the molecule is CC(NCCOc1ccc(F)c(Cl)c1)C1CCCO1. The molecule has 1 N–H and O–H groups in total. The highest BCUT2D eigenvalue weighted by molar-refractivity contribution is 6.30. The Morgan fingerprint density at radius 1 is 1.58 bits per heavy atom. The van der Waals surface area contributed by atoms with Crippen LogP contribution in [0.1, 0.15) is 19.8 Å². The first-order valence-electron chi connectivity index (χ1n) is 6.59. The van der Waals surface area contributed by atoms with Gasteiger partial charge in [-0.15, -0.1) is 0 Å². The lowest BCUT2D eigenvalue weighted by Gasteiger charge is -2.20. The summed E-state index contributed by atoms with van der Waals surface area (Å²) >= 11 is 5.68. The van der Waals surface area contributed by atoms with Crippen LogP contribution >= 0.6 is 11.6 Å². The summed E-state index contributed by atoms with van der Waals surface area (Å²) in [7, 11) is 0. The molecule has 0 spiro atoms. The standard InChI is InChI=1S/C14H19ClFNO2/c1-10(14-3-2-7-19-14)17-6-8-18-11-4-5-13(16)12(15)9-11/h4-5,9-10,14,17H,2-3,6-8H2,1H3. The molecule has 0 amide bonds. The number of halogens is 2. The first-order chi connectivity index (χ1) is 9.16. The molecule has 5 heteroatoms. The van der Waals surface area contributed by atoms with Crippen molar-refractivity contribution < 1.29 is 13.9 Å². The Morgan fingerprint density at radius 3 is 3.11 bits per heavy atom. The molecular weight excluding hydrogens is 269 g/mol. The van der Waals surface area contributed by atoms with E-state index in [9.17, 15) is 4.39 Å². The van der Waals surface area contributed by atoms with Gasteiger partial charge in [0.05, 0.1) is 11.1 Å². The molecule has 1 aliphatic heterocycles. The van der Waals surface area contributed by atoms with E-state index in [2.05, 4.69) is 12.2 Å². The molecule has 0 aromatic heterocycles. The molecule has 1 aliphatic rings. The lowest BCUT2D eigenvalue weighted by molar-refractivity contribution is 0.0824. The first kappa shape index (κ1) is 14.6. The van der Waals surface area contributed by atoms with Gasteiger partial charge in [0.25, 0.3) is 0 Å². The summed E-state index contributed by atoms with van der Waals surface area (Å²) < 4.78 is 24.0. The van der Waals surface area contributed by atoms with Crippen LogP contribution in [0.15, 0.2) is 18.2 Å². The van der Waals surface area contributed by atoms with Crippen molar-refractivity contribution >= 4 is 11.6 Å². The fraction of sp³-hybridized carbons (Fsp3) is 0.571. The lowest BCUT2D eigenvalue weighted by atomic mass is 10.1. The van der Waals surface area contributed by atoms with Crippen molar-refractivity contribution in [3.63, 3.8) is 0 Å². The second kappa shape index (κ2) is 7.08. The zero-order valence-electron chi connectivity index (χ0n) is 11.0. The number of rotatable bonds is 6. The average Bonchev–Trinajstić information content (AvgIpc) is 2.92. The van der Waals surface area contributed by atoms with E-state index in [4.69, 9.17) is 21.1 Å². The molecule has 2 atom stereocenters. The van der Waals surface area contributed by atoms with Gasteiger partial charge >= 0.3 is 0 Å². The molecule has 2 rings (SSSR count). The Balaban J connectivity index is 1.67. The largest absolute Gasteiger partial charge is 0.492 e. The van der Waals surface area contributed by atoms with Crippen molar-refractivity contribution in [2.75, 3.05) is 19.8 Å². The molecule has 1 saturated heterocycles. The number of hydrogen-bond donors (Lipinski definition) is 1. The van der Waals surface area contributed by atoms with Gasteiger partial charge in [-0.05, 0) is 31.9 Å². The predicted octanol–water partition coefficient (Wildman–Crippen LogP) is 3.02. The molecule has 19 heavy (non-hydrogen) atoms. The Bertz CT molecular complexity index is 410. The van der Waals surface area contributed by atoms with Gasteiger partial charge in [-0.25, -0.2) is 4.39 Å². The molecule has 106 valence electrons. The van der Waals surface area contributed by atoms with Crippen molar-refractivity contribution in [2.24, 2.45) is 0 Å². The quantitative estimate of drug-likeness (QED) is 0.816. The fourth-order valence-corrected chi connectivity index (χ4v) is 2.32. The molecule has 1 heterocycles. The second-order valence-electron chi connectivity index (χ2n) is 4.72. The van der Waals surface area contributed by atoms with Crippen molar-refractivity contribution in [3.8, 4) is 5.75 Å². The molecular formula is C14H19ClFNO2. The Kier molecular flexibility index (Phi) is 5.43. The molecule has 2 unspecified atom stereocenters. The van der Waals surface area contributed by atoms with Gasteiger partial charge in [0.1, 0.15) is 18.2 Å². The first-order valence-corrected chi connectivity index (χ1v) is 6.97. The zero-order chi connectivity index (χ0) is 13.7. The van der Waals surface area contributed by atoms with Crippen LogP contribution in [0.4, 0.5) is 4.39 Å². The molecule has 1 aromatic carbocycles. The average molecular weight is 288 g/mol. The van der Waals surface area contributed by atoms with Gasteiger partial charge in [-0.3, -0.25) is 0 Å². The molecule has 0 saturated carbocycles. The summed E-state index contributed by atoms with van der Waals surface area (Å²) in [5, 5.41) is 3.45. The van der Waals surface area contributed by atoms with E-state index in [0.29, 0.717) is 24.5 Å². The maximum absolute atomic E-state index is 13.0. The maximum atomic E-state index is 13.0. The number of benzene rings is 1. The van der Waals surface area contributed by atoms with Crippen molar-refractivity contribution in [3.05, 3.63) is 29.0 Å². The molecule has 0 bridgehead atoms. The smallest absolute Gasteiger partial charge is 0.142 e. The minimum absolute atomic E-state index is 0.0817. The van der Waals surface area contributed by atoms with Crippen LogP contribution in [-0.4, -0.2) is 31.9 Å². The summed E-state index contributed by atoms with van der Waals surface area (Å²) in [5.41, 5.74) is 0. The summed E-state index contributed by atoms with van der Waals surface area (Å²) in [4.78, 5) is 0. The Morgan fingerprint density at radius 2 is 2.42 bits per heavy atom. The van der Waals surface area contributed by atoms with Crippen LogP contribution in [0.2, 0.25) is 5.02 Å². The molecule has 1 fully saturated rings. The van der Waals surface area contributed by atoms with Crippen LogP contribution in [0.3, 0.4) is 0 Å². The predicted molar refractivity (Wildman–Crippen MR) is 73.3 cm³/mol. The molecule has 0 aliphatic carbocycles. The van der Waals surface area contributed by atoms with E-state index < -0.39 is 5.82 Å². The minimum Gasteiger partial charge on any atom is -0.492 e. The highest BCUT2D eigenvalue weighted by Gasteiger charge is 2.21. The van der Waals surface area contributed by atoms with E-state index in [1.165, 1.54) is 12.1 Å². The topological polar surface area (TPSA) is 30.5 Å². The lowest BCUT2D eigenvalue weighted by Crippen LogP contribution is -2.39. The van der Waals surface area contributed by atoms with E-state index >= 15 is 0 Å². The summed E-state index contributed by atoms with van der Waals surface area (Å²) in [5.74, 6) is 0.150. The van der Waals surface area contributed by atoms with Crippen molar-refractivity contribution in [2.45, 2.75) is 31.9 Å². The Labute approximate surface area is 118 Å². The van der Waals surface area contributed by atoms with Gasteiger partial charge in [0.2, 0.25) is 0 Å². The van der Waals surface area contributed by atoms with Crippen LogP contribution in [0, 0.1) is 5.82 Å². The van der Waals surface area contributed by atoms with E-state index in [-0.39, 0.29) is 5.02 Å². The Hall–Kier alpha value is -0.840. The molecule has 0 radical (unpaired) electrons. The molecule has 1 aromatic rings. The van der Waals surface area contributed by atoms with Crippen molar-refractivity contribution in [1.29, 1.82) is 0 Å². The van der Waals surface area contributed by atoms with Crippen molar-refractivity contribution in [1.82, 2.24) is 5.32 Å². The third kappa shape index (κ3) is 4.34. The van der Waals surface area contributed by atoms with Gasteiger partial charge in [0.15, 0.2) is 0 Å². The highest BCUT2D eigenvalue weighted by Crippen LogP contribution is 2.21. The van der Waals surface area contributed by atoms with Crippen LogP contribution in [0.5, 0.6) is 5.75 Å². The number of hydrogen-bond acceptors (Lipinski definition) is 3. The maximum Gasteiger partial charge on any atom is 0.142 e. The fourth-order valence-electron chi connectivity index (χ4n) is 2.15. The number of nitrogens with one attached hydrogen (secondary N) is 1. The van der Waals surface area contributed by atoms with Gasteiger partial charge in [-0.1, -0.05) is 11.6 Å². The van der Waals surface area contributed by atoms with Gasteiger partial charge < -0.3 is 14.8 Å². The van der Waals surface area contributed by atoms with E-state index in [1.54, 1.807) is 6.07 Å². The van der Waals surface area contributed by atoms with Crippen LogP contribution in [-0.2, 0) is 4.74 Å². The van der Waals surface area contributed by atoms with Gasteiger partial charge in [-0.2, -0.15) is 0 Å². The monoisotopic (exact) mass is 287 g/mol. The third-order valence-corrected chi connectivity index (χ3v) is 3.54. The minimum atomic E-state index is -0.431. The van der Waals surface area contributed by atoms with Gasteiger partial charge in [0, 0.05) is 25.3 Å². The second-order valence-corrected chi connectivity index (χ2v) is 5.13. The zero-order valence-corrected chi connectivity index (χ0v) is 11.8. The van der Waals surface area contributed by atoms with Crippen LogP contribution < -0.4 is 10.1 Å². The third-order valence-electron chi connectivity index (χ3n) is 3.25. The summed E-state index contributed by atoms with van der Waals surface area (Å²) in [6.07, 6.45) is 2.56. The molecule has 3 nitrogen and oxygen atoms in total. The highest BCUT2D eigenvalue weighted by atomic mass is 35.5. The van der Waals surface area contributed by atoms with E-state index in [0.717, 1.165) is 26.0 Å².